The van der Waals surface area contributed by atoms with Crippen LogP contribution in [0.3, 0.4) is 0 Å². The van der Waals surface area contributed by atoms with Gasteiger partial charge in [-0.1, -0.05) is 29.3 Å². The van der Waals surface area contributed by atoms with Crippen LogP contribution < -0.4 is 11.1 Å². The van der Waals surface area contributed by atoms with Crippen LogP contribution in [-0.4, -0.2) is 44.8 Å². The van der Waals surface area contributed by atoms with Crippen molar-refractivity contribution in [2.45, 2.75) is 0 Å². The van der Waals surface area contributed by atoms with Gasteiger partial charge < -0.3 is 16.0 Å². The van der Waals surface area contributed by atoms with Gasteiger partial charge in [0.1, 0.15) is 5.69 Å². The zero-order chi connectivity index (χ0) is 22.1. The number of amides is 2. The summed E-state index contributed by atoms with van der Waals surface area (Å²) >= 11 is 12.4. The molecular weight excluding hydrogens is 441 g/mol. The van der Waals surface area contributed by atoms with E-state index in [2.05, 4.69) is 21.6 Å². The molecule has 1 aliphatic rings. The minimum absolute atomic E-state index is 0.0979. The van der Waals surface area contributed by atoms with Gasteiger partial charge in [-0.2, -0.15) is 5.26 Å². The number of nitrogens with zero attached hydrogens (tertiary/aromatic N) is 5. The van der Waals surface area contributed by atoms with Crippen molar-refractivity contribution in [1.82, 2.24) is 19.9 Å². The number of likely N-dealkylation sites (tertiary alicyclic amines) is 1. The molecule has 1 aromatic heterocycles. The Morgan fingerprint density at radius 3 is 2.32 bits per heavy atom. The molecule has 0 spiro atoms. The third-order valence-electron chi connectivity index (χ3n) is 4.73. The average Bonchev–Trinajstić information content (AvgIpc) is 3.11. The number of aromatic nitrogens is 3. The van der Waals surface area contributed by atoms with Gasteiger partial charge in [0.2, 0.25) is 0 Å². The summed E-state index contributed by atoms with van der Waals surface area (Å²) in [4.78, 5) is 27.0. The predicted octanol–water partition coefficient (Wildman–Crippen LogP) is 3.01. The van der Waals surface area contributed by atoms with Crippen molar-refractivity contribution in [1.29, 1.82) is 5.26 Å². The number of rotatable bonds is 5. The number of benzene rings is 2. The molecular formula is C20H15Cl2N7O2. The highest BCUT2D eigenvalue weighted by Gasteiger charge is 2.31. The molecule has 156 valence electrons. The van der Waals surface area contributed by atoms with E-state index >= 15 is 0 Å². The van der Waals surface area contributed by atoms with Crippen molar-refractivity contribution in [2.24, 2.45) is 11.7 Å². The van der Waals surface area contributed by atoms with Crippen LogP contribution in [0, 0.1) is 17.2 Å². The van der Waals surface area contributed by atoms with Crippen LogP contribution in [0.1, 0.15) is 20.8 Å². The highest BCUT2D eigenvalue weighted by Crippen LogP contribution is 2.29. The highest BCUT2D eigenvalue weighted by atomic mass is 35.5. The van der Waals surface area contributed by atoms with Gasteiger partial charge in [0.25, 0.3) is 11.8 Å². The van der Waals surface area contributed by atoms with Crippen molar-refractivity contribution in [3.8, 4) is 11.8 Å². The summed E-state index contributed by atoms with van der Waals surface area (Å²) < 4.78 is 0. The van der Waals surface area contributed by atoms with Gasteiger partial charge in [-0.15, -0.1) is 15.0 Å². The number of nitriles is 1. The van der Waals surface area contributed by atoms with Crippen molar-refractivity contribution in [3.05, 3.63) is 63.8 Å². The smallest absolute Gasteiger partial charge is 0.273 e. The molecule has 9 nitrogen and oxygen atoms in total. The lowest BCUT2D eigenvalue weighted by Gasteiger charge is -2.35. The molecule has 0 saturated carbocycles. The number of para-hydroxylation sites is 1. The molecule has 0 aliphatic carbocycles. The fraction of sp³-hybridized carbons (Fsp3) is 0.150. The first-order valence-electron chi connectivity index (χ1n) is 9.15. The number of primary amides is 1. The number of carbonyl (C=O) groups is 2. The van der Waals surface area contributed by atoms with E-state index in [9.17, 15) is 9.59 Å². The van der Waals surface area contributed by atoms with Crippen LogP contribution in [0.5, 0.6) is 0 Å². The second kappa shape index (κ2) is 8.26. The number of hydrogen-bond acceptors (Lipinski definition) is 6. The van der Waals surface area contributed by atoms with Crippen LogP contribution >= 0.6 is 23.2 Å². The lowest BCUT2D eigenvalue weighted by molar-refractivity contribution is 0.0577. The largest absolute Gasteiger partial charge is 0.364 e. The van der Waals surface area contributed by atoms with Crippen molar-refractivity contribution in [3.63, 3.8) is 0 Å². The minimum Gasteiger partial charge on any atom is -0.364 e. The molecule has 2 amide bonds. The summed E-state index contributed by atoms with van der Waals surface area (Å²) in [6.07, 6.45) is 0. The van der Waals surface area contributed by atoms with Crippen LogP contribution in [-0.2, 0) is 0 Å². The lowest BCUT2D eigenvalue weighted by atomic mass is 10.0. The van der Waals surface area contributed by atoms with Crippen molar-refractivity contribution in [2.75, 3.05) is 18.4 Å². The Balaban J connectivity index is 1.57. The Labute approximate surface area is 186 Å². The Kier molecular flexibility index (Phi) is 5.50. The normalized spacial score (nSPS) is 13.4. The van der Waals surface area contributed by atoms with Crippen LogP contribution in [0.25, 0.3) is 5.69 Å². The van der Waals surface area contributed by atoms with Crippen LogP contribution in [0.4, 0.5) is 11.5 Å². The number of nitrogens with two attached hydrogens (primary N) is 1. The zero-order valence-electron chi connectivity index (χ0n) is 15.9. The third kappa shape index (κ3) is 4.03. The van der Waals surface area contributed by atoms with Crippen LogP contribution in [0.15, 0.2) is 42.5 Å². The van der Waals surface area contributed by atoms with E-state index in [1.807, 2.05) is 0 Å². The maximum Gasteiger partial charge on any atom is 0.273 e. The Bertz CT molecular complexity index is 1190. The Hall–Kier alpha value is -3.61. The predicted molar refractivity (Wildman–Crippen MR) is 115 cm³/mol. The summed E-state index contributed by atoms with van der Waals surface area (Å²) in [6.45, 7) is 0.871. The van der Waals surface area contributed by atoms with E-state index < -0.39 is 5.91 Å². The van der Waals surface area contributed by atoms with E-state index in [4.69, 9.17) is 34.2 Å². The molecule has 31 heavy (non-hydrogen) atoms. The van der Waals surface area contributed by atoms with E-state index in [0.29, 0.717) is 40.1 Å². The van der Waals surface area contributed by atoms with Gasteiger partial charge in [0.05, 0.1) is 22.0 Å². The molecule has 2 heterocycles. The molecule has 1 saturated heterocycles. The summed E-state index contributed by atoms with van der Waals surface area (Å²) in [7, 11) is 0. The molecule has 1 fully saturated rings. The summed E-state index contributed by atoms with van der Waals surface area (Å²) in [5.74, 6) is -0.919. The fourth-order valence-electron chi connectivity index (χ4n) is 3.08. The molecule has 1 aliphatic heterocycles. The van der Waals surface area contributed by atoms with Gasteiger partial charge in [-0.05, 0) is 36.4 Å². The summed E-state index contributed by atoms with van der Waals surface area (Å²) in [5, 5.41) is 20.8. The second-order valence-corrected chi connectivity index (χ2v) is 7.67. The molecule has 0 radical (unpaired) electrons. The van der Waals surface area contributed by atoms with E-state index in [1.165, 1.54) is 0 Å². The molecule has 3 N–H and O–H groups in total. The SMILES string of the molecule is N#CC1CN(C(=O)c2ccc(Nc3nn(-c4c(Cl)cccc4Cl)nc3C(N)=O)cc2)C1. The zero-order valence-corrected chi connectivity index (χ0v) is 17.4. The first-order valence-corrected chi connectivity index (χ1v) is 9.90. The second-order valence-electron chi connectivity index (χ2n) is 6.86. The van der Waals surface area contributed by atoms with Crippen molar-refractivity contribution >= 4 is 46.5 Å². The number of nitrogens with one attached hydrogen (secondary N) is 1. The maximum absolute atomic E-state index is 12.4. The van der Waals surface area contributed by atoms with E-state index in [-0.39, 0.29) is 23.3 Å². The molecule has 0 unspecified atom stereocenters. The molecule has 4 rings (SSSR count). The maximum atomic E-state index is 12.4. The number of hydrogen-bond donors (Lipinski definition) is 2. The van der Waals surface area contributed by atoms with Gasteiger partial charge >= 0.3 is 0 Å². The number of halogens is 2. The van der Waals surface area contributed by atoms with E-state index in [1.54, 1.807) is 47.4 Å². The van der Waals surface area contributed by atoms with Gasteiger partial charge in [0.15, 0.2) is 11.5 Å². The fourth-order valence-corrected chi connectivity index (χ4v) is 3.63. The number of anilines is 2. The standard InChI is InChI=1S/C20H15Cl2N7O2/c21-14-2-1-3-15(22)17(14)29-26-16(18(24)30)19(27-29)25-13-6-4-12(5-7-13)20(31)28-9-11(8-23)10-28/h1-7,11H,9-10H2,(H2,24,30)(H,25,27). The monoisotopic (exact) mass is 455 g/mol. The Morgan fingerprint density at radius 1 is 1.10 bits per heavy atom. The average molecular weight is 456 g/mol. The molecule has 2 aromatic carbocycles. The molecule has 0 bridgehead atoms. The van der Waals surface area contributed by atoms with Crippen LogP contribution in [0.2, 0.25) is 10.0 Å². The minimum atomic E-state index is -0.784. The van der Waals surface area contributed by atoms with Gasteiger partial charge in [-0.3, -0.25) is 9.59 Å². The third-order valence-corrected chi connectivity index (χ3v) is 5.34. The number of carbonyl (C=O) groups excluding carboxylic acids is 2. The van der Waals surface area contributed by atoms with Gasteiger partial charge in [-0.25, -0.2) is 0 Å². The van der Waals surface area contributed by atoms with Crippen molar-refractivity contribution < 1.29 is 9.59 Å². The summed E-state index contributed by atoms with van der Waals surface area (Å²) in [5.41, 5.74) is 6.71. The quantitative estimate of drug-likeness (QED) is 0.607. The highest BCUT2D eigenvalue weighted by molar-refractivity contribution is 6.37. The van der Waals surface area contributed by atoms with Gasteiger partial charge in [0, 0.05) is 24.3 Å². The molecule has 11 heteroatoms. The lowest BCUT2D eigenvalue weighted by Crippen LogP contribution is -2.49. The molecule has 0 atom stereocenters. The topological polar surface area (TPSA) is 130 Å². The first kappa shape index (κ1) is 20.7. The summed E-state index contributed by atoms with van der Waals surface area (Å²) in [6, 6.07) is 13.7. The molecule has 3 aromatic rings. The van der Waals surface area contributed by atoms with E-state index in [0.717, 1.165) is 4.80 Å². The Morgan fingerprint density at radius 2 is 1.74 bits per heavy atom. The first-order chi connectivity index (χ1) is 14.9.